The lowest BCUT2D eigenvalue weighted by Gasteiger charge is -2.07. The van der Waals surface area contributed by atoms with Crippen LogP contribution >= 0.6 is 22.9 Å². The molecule has 1 heterocycles. The standard InChI is InChI=1S/C14H11ClN2O5S/c15-7-1-2-8(10(18)5-7)14(21)22-6-11(19)17-13-9(12(16)20)3-4-23-13/h1-5,18H,6H2,(H2,16,20)(H,17,19). The molecule has 0 saturated heterocycles. The highest BCUT2D eigenvalue weighted by Crippen LogP contribution is 2.23. The maximum Gasteiger partial charge on any atom is 0.342 e. The van der Waals surface area contributed by atoms with Gasteiger partial charge >= 0.3 is 5.97 Å². The molecule has 9 heteroatoms. The first-order valence-corrected chi connectivity index (χ1v) is 7.47. The summed E-state index contributed by atoms with van der Waals surface area (Å²) in [6, 6.07) is 5.34. The predicted molar refractivity (Wildman–Crippen MR) is 84.9 cm³/mol. The van der Waals surface area contributed by atoms with E-state index in [0.717, 1.165) is 11.3 Å². The molecule has 0 aliphatic rings. The summed E-state index contributed by atoms with van der Waals surface area (Å²) in [6.45, 7) is -0.586. The number of nitrogens with one attached hydrogen (secondary N) is 1. The number of esters is 1. The third-order valence-corrected chi connectivity index (χ3v) is 3.76. The molecule has 0 fully saturated rings. The van der Waals surface area contributed by atoms with Crippen molar-refractivity contribution in [3.8, 4) is 5.75 Å². The van der Waals surface area contributed by atoms with Crippen molar-refractivity contribution in [3.63, 3.8) is 0 Å². The number of anilines is 1. The fourth-order valence-corrected chi connectivity index (χ4v) is 2.62. The van der Waals surface area contributed by atoms with Gasteiger partial charge in [0.15, 0.2) is 6.61 Å². The minimum atomic E-state index is -0.879. The van der Waals surface area contributed by atoms with Crippen molar-refractivity contribution in [1.29, 1.82) is 0 Å². The number of amides is 2. The molecule has 120 valence electrons. The van der Waals surface area contributed by atoms with E-state index in [2.05, 4.69) is 5.32 Å². The number of thiophene rings is 1. The SMILES string of the molecule is NC(=O)c1ccsc1NC(=O)COC(=O)c1ccc(Cl)cc1O. The summed E-state index contributed by atoms with van der Waals surface area (Å²) in [6.07, 6.45) is 0. The van der Waals surface area contributed by atoms with Crippen LogP contribution in [0.15, 0.2) is 29.6 Å². The Morgan fingerprint density at radius 3 is 2.65 bits per heavy atom. The monoisotopic (exact) mass is 354 g/mol. The molecule has 7 nitrogen and oxygen atoms in total. The number of carbonyl (C=O) groups excluding carboxylic acids is 3. The quantitative estimate of drug-likeness (QED) is 0.709. The topological polar surface area (TPSA) is 119 Å². The number of rotatable bonds is 5. The average Bonchev–Trinajstić information content (AvgIpc) is 2.93. The van der Waals surface area contributed by atoms with Crippen LogP contribution in [0.1, 0.15) is 20.7 Å². The van der Waals surface area contributed by atoms with Crippen LogP contribution in [0.2, 0.25) is 5.02 Å². The molecule has 0 aliphatic heterocycles. The number of nitrogens with two attached hydrogens (primary N) is 1. The summed E-state index contributed by atoms with van der Waals surface area (Å²) < 4.78 is 4.79. The summed E-state index contributed by atoms with van der Waals surface area (Å²) in [5, 5.41) is 14.1. The van der Waals surface area contributed by atoms with Crippen LogP contribution in [0.4, 0.5) is 5.00 Å². The van der Waals surface area contributed by atoms with E-state index in [1.165, 1.54) is 24.3 Å². The lowest BCUT2D eigenvalue weighted by molar-refractivity contribution is -0.119. The Balaban J connectivity index is 1.95. The molecule has 0 aliphatic carbocycles. The zero-order valence-electron chi connectivity index (χ0n) is 11.5. The van der Waals surface area contributed by atoms with Crippen molar-refractivity contribution in [2.24, 2.45) is 5.73 Å². The Morgan fingerprint density at radius 1 is 1.26 bits per heavy atom. The van der Waals surface area contributed by atoms with Crippen molar-refractivity contribution in [3.05, 3.63) is 45.8 Å². The van der Waals surface area contributed by atoms with Crippen molar-refractivity contribution in [2.75, 3.05) is 11.9 Å². The zero-order chi connectivity index (χ0) is 17.0. The van der Waals surface area contributed by atoms with Gasteiger partial charge < -0.3 is 20.9 Å². The van der Waals surface area contributed by atoms with Gasteiger partial charge in [0.25, 0.3) is 11.8 Å². The summed E-state index contributed by atoms with van der Waals surface area (Å²) >= 11 is 6.77. The van der Waals surface area contributed by atoms with Crippen LogP contribution in [0.5, 0.6) is 5.75 Å². The molecule has 0 saturated carbocycles. The van der Waals surface area contributed by atoms with E-state index in [1.807, 2.05) is 0 Å². The van der Waals surface area contributed by atoms with Gasteiger partial charge in [-0.15, -0.1) is 11.3 Å². The molecule has 0 radical (unpaired) electrons. The summed E-state index contributed by atoms with van der Waals surface area (Å²) in [5.74, 6) is -2.55. The third kappa shape index (κ3) is 4.21. The van der Waals surface area contributed by atoms with Crippen LogP contribution in [0, 0.1) is 0 Å². The van der Waals surface area contributed by atoms with Gasteiger partial charge in [0, 0.05) is 5.02 Å². The highest BCUT2D eigenvalue weighted by Gasteiger charge is 2.16. The van der Waals surface area contributed by atoms with E-state index in [0.29, 0.717) is 0 Å². The van der Waals surface area contributed by atoms with E-state index in [-0.39, 0.29) is 26.9 Å². The van der Waals surface area contributed by atoms with Crippen LogP contribution in [0.25, 0.3) is 0 Å². The first kappa shape index (κ1) is 16.8. The Morgan fingerprint density at radius 2 is 2.00 bits per heavy atom. The van der Waals surface area contributed by atoms with Crippen molar-refractivity contribution < 1.29 is 24.2 Å². The smallest absolute Gasteiger partial charge is 0.342 e. The molecular formula is C14H11ClN2O5S. The Kier molecular flexibility index (Phi) is 5.20. The lowest BCUT2D eigenvalue weighted by Crippen LogP contribution is -2.22. The number of aromatic hydroxyl groups is 1. The minimum Gasteiger partial charge on any atom is -0.507 e. The van der Waals surface area contributed by atoms with Crippen molar-refractivity contribution in [1.82, 2.24) is 0 Å². The van der Waals surface area contributed by atoms with Gasteiger partial charge in [-0.1, -0.05) is 11.6 Å². The van der Waals surface area contributed by atoms with Gasteiger partial charge in [0.2, 0.25) is 0 Å². The lowest BCUT2D eigenvalue weighted by atomic mass is 10.2. The molecule has 0 bridgehead atoms. The Bertz CT molecular complexity index is 774. The largest absolute Gasteiger partial charge is 0.507 e. The van der Waals surface area contributed by atoms with Gasteiger partial charge in [-0.3, -0.25) is 9.59 Å². The number of ether oxygens (including phenoxy) is 1. The molecule has 23 heavy (non-hydrogen) atoms. The Hall–Kier alpha value is -2.58. The van der Waals surface area contributed by atoms with E-state index >= 15 is 0 Å². The first-order chi connectivity index (χ1) is 10.9. The molecule has 0 unspecified atom stereocenters. The van der Waals surface area contributed by atoms with Gasteiger partial charge in [-0.05, 0) is 29.6 Å². The number of hydrogen-bond donors (Lipinski definition) is 3. The van der Waals surface area contributed by atoms with Crippen LogP contribution in [-0.4, -0.2) is 29.5 Å². The second-order valence-corrected chi connectivity index (χ2v) is 5.67. The molecule has 2 aromatic rings. The number of hydrogen-bond acceptors (Lipinski definition) is 6. The maximum absolute atomic E-state index is 11.8. The fourth-order valence-electron chi connectivity index (χ4n) is 1.65. The van der Waals surface area contributed by atoms with E-state index in [9.17, 15) is 19.5 Å². The van der Waals surface area contributed by atoms with Gasteiger partial charge in [0.1, 0.15) is 16.3 Å². The highest BCUT2D eigenvalue weighted by molar-refractivity contribution is 7.14. The number of phenolic OH excluding ortho intramolecular Hbond substituents is 1. The van der Waals surface area contributed by atoms with Crippen LogP contribution in [0.3, 0.4) is 0 Å². The van der Waals surface area contributed by atoms with E-state index in [1.54, 1.807) is 5.38 Å². The summed E-state index contributed by atoms with van der Waals surface area (Å²) in [5.41, 5.74) is 5.21. The molecule has 0 spiro atoms. The number of benzene rings is 1. The second kappa shape index (κ2) is 7.12. The average molecular weight is 355 g/mol. The van der Waals surface area contributed by atoms with Crippen molar-refractivity contribution >= 4 is 45.7 Å². The molecule has 1 aromatic heterocycles. The zero-order valence-corrected chi connectivity index (χ0v) is 13.1. The van der Waals surface area contributed by atoms with Crippen LogP contribution in [-0.2, 0) is 9.53 Å². The molecule has 4 N–H and O–H groups in total. The predicted octanol–water partition coefficient (Wildman–Crippen LogP) is 2.00. The van der Waals surface area contributed by atoms with E-state index < -0.39 is 24.4 Å². The second-order valence-electron chi connectivity index (χ2n) is 4.31. The normalized spacial score (nSPS) is 10.1. The molecular weight excluding hydrogens is 344 g/mol. The minimum absolute atomic E-state index is 0.115. The van der Waals surface area contributed by atoms with Crippen LogP contribution < -0.4 is 11.1 Å². The first-order valence-electron chi connectivity index (χ1n) is 6.21. The van der Waals surface area contributed by atoms with E-state index in [4.69, 9.17) is 22.1 Å². The number of carbonyl (C=O) groups is 3. The highest BCUT2D eigenvalue weighted by atomic mass is 35.5. The number of halogens is 1. The molecule has 0 atom stereocenters. The van der Waals surface area contributed by atoms with Crippen molar-refractivity contribution in [2.45, 2.75) is 0 Å². The Labute approximate surface area is 139 Å². The molecule has 2 amide bonds. The molecule has 2 rings (SSSR count). The van der Waals surface area contributed by atoms with Gasteiger partial charge in [-0.2, -0.15) is 0 Å². The number of phenols is 1. The third-order valence-electron chi connectivity index (χ3n) is 2.70. The van der Waals surface area contributed by atoms with Gasteiger partial charge in [0.05, 0.1) is 5.56 Å². The maximum atomic E-state index is 11.8. The fraction of sp³-hybridized carbons (Fsp3) is 0.0714. The molecule has 1 aromatic carbocycles. The number of primary amides is 1. The summed E-state index contributed by atoms with van der Waals surface area (Å²) in [4.78, 5) is 34.7. The van der Waals surface area contributed by atoms with Gasteiger partial charge in [-0.25, -0.2) is 4.79 Å². The summed E-state index contributed by atoms with van der Waals surface area (Å²) in [7, 11) is 0.